The van der Waals surface area contributed by atoms with Crippen LogP contribution in [0.1, 0.15) is 21.6 Å². The van der Waals surface area contributed by atoms with E-state index >= 15 is 0 Å². The summed E-state index contributed by atoms with van der Waals surface area (Å²) in [6.45, 7) is 2.81. The van der Waals surface area contributed by atoms with Crippen LogP contribution in [-0.4, -0.2) is 40.6 Å². The van der Waals surface area contributed by atoms with E-state index in [1.54, 1.807) is 4.90 Å². The molecule has 4 nitrogen and oxygen atoms in total. The molecule has 1 amide bonds. The SMILES string of the molecule is Cc1ccc2cc(C(=O)N(CCO)CCc3ccccc3)ccc2n1. The highest BCUT2D eigenvalue weighted by atomic mass is 16.3. The average molecular weight is 334 g/mol. The van der Waals surface area contributed by atoms with Gasteiger partial charge in [-0.1, -0.05) is 36.4 Å². The highest BCUT2D eigenvalue weighted by molar-refractivity contribution is 5.98. The number of amides is 1. The lowest BCUT2D eigenvalue weighted by atomic mass is 10.1. The highest BCUT2D eigenvalue weighted by Crippen LogP contribution is 2.16. The van der Waals surface area contributed by atoms with Gasteiger partial charge in [0.15, 0.2) is 0 Å². The zero-order valence-electron chi connectivity index (χ0n) is 14.4. The van der Waals surface area contributed by atoms with E-state index in [2.05, 4.69) is 4.98 Å². The molecule has 0 fully saturated rings. The van der Waals surface area contributed by atoms with Crippen molar-refractivity contribution in [2.45, 2.75) is 13.3 Å². The van der Waals surface area contributed by atoms with Crippen LogP contribution >= 0.6 is 0 Å². The fourth-order valence-electron chi connectivity index (χ4n) is 2.89. The molecule has 1 heterocycles. The third-order valence-electron chi connectivity index (χ3n) is 4.25. The molecule has 0 radical (unpaired) electrons. The largest absolute Gasteiger partial charge is 0.395 e. The molecule has 3 aromatic rings. The van der Waals surface area contributed by atoms with Gasteiger partial charge in [0.05, 0.1) is 12.1 Å². The zero-order valence-corrected chi connectivity index (χ0v) is 14.4. The Labute approximate surface area is 147 Å². The quantitative estimate of drug-likeness (QED) is 0.753. The molecule has 0 aliphatic rings. The van der Waals surface area contributed by atoms with E-state index in [0.29, 0.717) is 18.7 Å². The van der Waals surface area contributed by atoms with Crippen LogP contribution in [0.25, 0.3) is 10.9 Å². The number of pyridine rings is 1. The van der Waals surface area contributed by atoms with Crippen LogP contribution < -0.4 is 0 Å². The molecule has 128 valence electrons. The van der Waals surface area contributed by atoms with Crippen molar-refractivity contribution >= 4 is 16.8 Å². The van der Waals surface area contributed by atoms with Gasteiger partial charge in [-0.2, -0.15) is 0 Å². The van der Waals surface area contributed by atoms with Gasteiger partial charge in [0.1, 0.15) is 0 Å². The molecular formula is C21H22N2O2. The van der Waals surface area contributed by atoms with Gasteiger partial charge in [-0.15, -0.1) is 0 Å². The first kappa shape index (κ1) is 17.1. The van der Waals surface area contributed by atoms with Crippen LogP contribution in [0.15, 0.2) is 60.7 Å². The minimum Gasteiger partial charge on any atom is -0.395 e. The first-order valence-electron chi connectivity index (χ1n) is 8.49. The topological polar surface area (TPSA) is 53.4 Å². The summed E-state index contributed by atoms with van der Waals surface area (Å²) >= 11 is 0. The number of aliphatic hydroxyl groups excluding tert-OH is 1. The van der Waals surface area contributed by atoms with Crippen LogP contribution in [-0.2, 0) is 6.42 Å². The van der Waals surface area contributed by atoms with Gasteiger partial charge < -0.3 is 10.0 Å². The van der Waals surface area contributed by atoms with Crippen molar-refractivity contribution in [3.8, 4) is 0 Å². The molecule has 2 aromatic carbocycles. The lowest BCUT2D eigenvalue weighted by molar-refractivity contribution is 0.0724. The minimum atomic E-state index is -0.0625. The van der Waals surface area contributed by atoms with Crippen LogP contribution in [0, 0.1) is 6.92 Å². The van der Waals surface area contributed by atoms with E-state index in [1.807, 2.05) is 67.6 Å². The number of rotatable bonds is 6. The van der Waals surface area contributed by atoms with Gasteiger partial charge in [-0.25, -0.2) is 0 Å². The van der Waals surface area contributed by atoms with Gasteiger partial charge in [0.2, 0.25) is 0 Å². The molecule has 0 unspecified atom stereocenters. The monoisotopic (exact) mass is 334 g/mol. The van der Waals surface area contributed by atoms with Crippen molar-refractivity contribution in [3.05, 3.63) is 77.5 Å². The molecule has 0 atom stereocenters. The lowest BCUT2D eigenvalue weighted by Gasteiger charge is -2.22. The normalized spacial score (nSPS) is 10.8. The van der Waals surface area contributed by atoms with Crippen molar-refractivity contribution in [3.63, 3.8) is 0 Å². The fraction of sp³-hybridized carbons (Fsp3) is 0.238. The summed E-state index contributed by atoms with van der Waals surface area (Å²) < 4.78 is 0. The summed E-state index contributed by atoms with van der Waals surface area (Å²) in [6, 6.07) is 19.5. The second-order valence-corrected chi connectivity index (χ2v) is 6.11. The van der Waals surface area contributed by atoms with Gasteiger partial charge in [-0.3, -0.25) is 9.78 Å². The van der Waals surface area contributed by atoms with Crippen molar-refractivity contribution in [2.24, 2.45) is 0 Å². The molecule has 3 rings (SSSR count). The summed E-state index contributed by atoms with van der Waals surface area (Å²) in [5, 5.41) is 10.3. The Balaban J connectivity index is 1.78. The number of fused-ring (bicyclic) bond motifs is 1. The Kier molecular flexibility index (Phi) is 5.41. The number of aryl methyl sites for hydroxylation is 1. The van der Waals surface area contributed by atoms with Gasteiger partial charge in [0.25, 0.3) is 5.91 Å². The van der Waals surface area contributed by atoms with Crippen LogP contribution in [0.3, 0.4) is 0 Å². The highest BCUT2D eigenvalue weighted by Gasteiger charge is 2.16. The smallest absolute Gasteiger partial charge is 0.253 e. The number of carbonyl (C=O) groups excluding carboxylic acids is 1. The third-order valence-corrected chi connectivity index (χ3v) is 4.25. The molecule has 0 saturated heterocycles. The molecule has 0 bridgehead atoms. The number of benzene rings is 2. The maximum Gasteiger partial charge on any atom is 0.253 e. The number of hydrogen-bond acceptors (Lipinski definition) is 3. The standard InChI is InChI=1S/C21H22N2O2/c1-16-7-8-18-15-19(9-10-20(18)22-16)21(25)23(13-14-24)12-11-17-5-3-2-4-6-17/h2-10,15,24H,11-14H2,1H3. The second-order valence-electron chi connectivity index (χ2n) is 6.11. The van der Waals surface area contributed by atoms with Gasteiger partial charge >= 0.3 is 0 Å². The van der Waals surface area contributed by atoms with E-state index in [0.717, 1.165) is 23.0 Å². The first-order valence-corrected chi connectivity index (χ1v) is 8.49. The van der Waals surface area contributed by atoms with Crippen LogP contribution in [0.2, 0.25) is 0 Å². The molecule has 0 aliphatic carbocycles. The Hall–Kier alpha value is -2.72. The molecule has 0 aliphatic heterocycles. The van der Waals surface area contributed by atoms with Gasteiger partial charge in [-0.05, 0) is 43.2 Å². The van der Waals surface area contributed by atoms with Crippen LogP contribution in [0.4, 0.5) is 0 Å². The Morgan fingerprint density at radius 2 is 1.84 bits per heavy atom. The summed E-state index contributed by atoms with van der Waals surface area (Å²) in [5.74, 6) is -0.0625. The summed E-state index contributed by atoms with van der Waals surface area (Å²) in [5.41, 5.74) is 3.64. The molecular weight excluding hydrogens is 312 g/mol. The van der Waals surface area contributed by atoms with Crippen molar-refractivity contribution in [2.75, 3.05) is 19.7 Å². The lowest BCUT2D eigenvalue weighted by Crippen LogP contribution is -2.35. The van der Waals surface area contributed by atoms with Gasteiger partial charge in [0, 0.05) is 29.7 Å². The number of nitrogens with zero attached hydrogens (tertiary/aromatic N) is 2. The molecule has 1 aromatic heterocycles. The number of aromatic nitrogens is 1. The zero-order chi connectivity index (χ0) is 17.6. The predicted molar refractivity (Wildman–Crippen MR) is 99.6 cm³/mol. The average Bonchev–Trinajstić information content (AvgIpc) is 2.65. The predicted octanol–water partition coefficient (Wildman–Crippen LogP) is 3.22. The van der Waals surface area contributed by atoms with Crippen molar-refractivity contribution in [1.82, 2.24) is 9.88 Å². The van der Waals surface area contributed by atoms with E-state index < -0.39 is 0 Å². The Morgan fingerprint density at radius 1 is 1.04 bits per heavy atom. The molecule has 4 heteroatoms. The van der Waals surface area contributed by atoms with E-state index in [1.165, 1.54) is 5.56 Å². The van der Waals surface area contributed by atoms with E-state index in [4.69, 9.17) is 0 Å². The van der Waals surface area contributed by atoms with Crippen LogP contribution in [0.5, 0.6) is 0 Å². The number of aliphatic hydroxyl groups is 1. The molecule has 0 saturated carbocycles. The number of hydrogen-bond donors (Lipinski definition) is 1. The summed E-state index contributed by atoms with van der Waals surface area (Å²) in [6.07, 6.45) is 0.765. The summed E-state index contributed by atoms with van der Waals surface area (Å²) in [7, 11) is 0. The van der Waals surface area contributed by atoms with E-state index in [9.17, 15) is 9.90 Å². The molecule has 0 spiro atoms. The maximum atomic E-state index is 12.9. The number of carbonyl (C=O) groups is 1. The first-order chi connectivity index (χ1) is 12.2. The van der Waals surface area contributed by atoms with Crippen molar-refractivity contribution in [1.29, 1.82) is 0 Å². The van der Waals surface area contributed by atoms with Crippen molar-refractivity contribution < 1.29 is 9.90 Å². The molecule has 1 N–H and O–H groups in total. The van der Waals surface area contributed by atoms with E-state index in [-0.39, 0.29) is 12.5 Å². The third kappa shape index (κ3) is 4.22. The Bertz CT molecular complexity index is 862. The summed E-state index contributed by atoms with van der Waals surface area (Å²) in [4.78, 5) is 19.0. The maximum absolute atomic E-state index is 12.9. The minimum absolute atomic E-state index is 0.0468. The second kappa shape index (κ2) is 7.90. The molecule has 25 heavy (non-hydrogen) atoms. The fourth-order valence-corrected chi connectivity index (χ4v) is 2.89. The Morgan fingerprint density at radius 3 is 2.60 bits per heavy atom.